The lowest BCUT2D eigenvalue weighted by molar-refractivity contribution is -0.888. The first-order valence-corrected chi connectivity index (χ1v) is 12.7. The Bertz CT molecular complexity index is 438. The van der Waals surface area contributed by atoms with Gasteiger partial charge in [-0.1, -0.05) is 19.9 Å². The Kier molecular flexibility index (Phi) is 30.3. The average Bonchev–Trinajstić information content (AvgIpc) is 3.65. The molecule has 0 amide bonds. The molecule has 1 atom stereocenters. The minimum absolute atomic E-state index is 0. The van der Waals surface area contributed by atoms with Crippen molar-refractivity contribution in [2.75, 3.05) is 127 Å². The molecular weight excluding hydrogens is 494 g/mol. The summed E-state index contributed by atoms with van der Waals surface area (Å²) in [6.45, 7) is 15.5. The van der Waals surface area contributed by atoms with Crippen molar-refractivity contribution < 1.29 is 59.5 Å². The predicted octanol–water partition coefficient (Wildman–Crippen LogP) is -0.884. The van der Waals surface area contributed by atoms with Gasteiger partial charge in [-0.15, -0.1) is 0 Å². The molecule has 0 bridgehead atoms. The van der Waals surface area contributed by atoms with Crippen LogP contribution in [0.15, 0.2) is 12.8 Å². The lowest BCUT2D eigenvalue weighted by Crippen LogP contribution is -3.00. The highest BCUT2D eigenvalue weighted by Gasteiger charge is 2.21. The van der Waals surface area contributed by atoms with Crippen LogP contribution < -0.4 is 12.4 Å². The second-order valence-electron chi connectivity index (χ2n) is 8.81. The summed E-state index contributed by atoms with van der Waals surface area (Å²) in [5.74, 6) is 0. The molecule has 11 heteroatoms. The second-order valence-corrected chi connectivity index (χ2v) is 8.81. The van der Waals surface area contributed by atoms with Crippen LogP contribution in [0, 0.1) is 0 Å². The number of ether oxygens (including phenoxy) is 9. The Morgan fingerprint density at radius 1 is 0.694 bits per heavy atom. The molecule has 0 saturated carbocycles. The Morgan fingerprint density at radius 2 is 1.06 bits per heavy atom. The van der Waals surface area contributed by atoms with Crippen molar-refractivity contribution in [2.45, 2.75) is 25.9 Å². The zero-order valence-corrected chi connectivity index (χ0v) is 23.8. The summed E-state index contributed by atoms with van der Waals surface area (Å²) in [6.07, 6.45) is 4.04. The number of quaternary nitrogens is 1. The van der Waals surface area contributed by atoms with Crippen LogP contribution in [0.2, 0.25) is 0 Å². The molecule has 1 saturated heterocycles. The standard InChI is InChI=1S/C19H38O8.C6H14NO.ClH/c1-2-3-4-20-5-6-21-7-8-22-9-10-23-11-12-24-13-14-25-15-16-26-17-19-18-27-19;1-5-8-6-7(2,3)4;/h19H,2-18H2,1H3;5H,1,6H2,2-4H3;1H/q;+1;/p-1. The summed E-state index contributed by atoms with van der Waals surface area (Å²) in [4.78, 5) is 0. The number of unbranched alkanes of at least 4 members (excludes halogenated alkanes) is 1. The molecule has 10 nitrogen and oxygen atoms in total. The van der Waals surface area contributed by atoms with E-state index in [2.05, 4.69) is 34.6 Å². The molecule has 1 heterocycles. The van der Waals surface area contributed by atoms with Gasteiger partial charge in [0.15, 0.2) is 0 Å². The highest BCUT2D eigenvalue weighted by Crippen LogP contribution is 2.07. The van der Waals surface area contributed by atoms with Crippen molar-refractivity contribution in [3.8, 4) is 0 Å². The number of halogens is 1. The topological polar surface area (TPSA) is 86.4 Å². The highest BCUT2D eigenvalue weighted by molar-refractivity contribution is 4.66. The summed E-state index contributed by atoms with van der Waals surface area (Å²) in [5.41, 5.74) is 0. The van der Waals surface area contributed by atoms with E-state index in [-0.39, 0.29) is 12.4 Å². The van der Waals surface area contributed by atoms with Crippen LogP contribution in [0.25, 0.3) is 0 Å². The third kappa shape index (κ3) is 35.6. The molecule has 1 fully saturated rings. The molecule has 0 N–H and O–H groups in total. The van der Waals surface area contributed by atoms with Crippen molar-refractivity contribution in [3.05, 3.63) is 12.8 Å². The summed E-state index contributed by atoms with van der Waals surface area (Å²) in [6, 6.07) is 0. The number of hydrogen-bond donors (Lipinski definition) is 0. The van der Waals surface area contributed by atoms with E-state index >= 15 is 0 Å². The first-order chi connectivity index (χ1) is 17.0. The summed E-state index contributed by atoms with van der Waals surface area (Å²) in [5, 5.41) is 0. The SMILES string of the molecule is C=COC[N+](C)(C)C.CCCCOCCOCCOCCOCCOCCOCCOCC1CO1.[Cl-]. The molecule has 218 valence electrons. The zero-order chi connectivity index (χ0) is 25.9. The highest BCUT2D eigenvalue weighted by atomic mass is 35.5. The van der Waals surface area contributed by atoms with E-state index in [1.54, 1.807) is 0 Å². The Morgan fingerprint density at radius 3 is 1.33 bits per heavy atom. The Labute approximate surface area is 225 Å². The van der Waals surface area contributed by atoms with Crippen LogP contribution in [0.5, 0.6) is 0 Å². The Hall–Kier alpha value is -0.530. The fraction of sp³-hybridized carbons (Fsp3) is 0.920. The molecular formula is C25H52ClNO9. The van der Waals surface area contributed by atoms with Gasteiger partial charge in [0.1, 0.15) is 6.10 Å². The maximum Gasteiger partial charge on any atom is 0.222 e. The van der Waals surface area contributed by atoms with Crippen molar-refractivity contribution >= 4 is 0 Å². The van der Waals surface area contributed by atoms with Gasteiger partial charge in [0.2, 0.25) is 6.73 Å². The van der Waals surface area contributed by atoms with E-state index in [1.807, 2.05) is 0 Å². The minimum Gasteiger partial charge on any atom is -1.00 e. The molecule has 36 heavy (non-hydrogen) atoms. The van der Waals surface area contributed by atoms with Crippen LogP contribution in [0.3, 0.4) is 0 Å². The third-order valence-corrected chi connectivity index (χ3v) is 4.16. The molecule has 1 unspecified atom stereocenters. The van der Waals surface area contributed by atoms with E-state index in [1.165, 1.54) is 6.26 Å². The van der Waals surface area contributed by atoms with E-state index in [0.717, 1.165) is 30.5 Å². The average molecular weight is 546 g/mol. The molecule has 0 aromatic heterocycles. The summed E-state index contributed by atoms with van der Waals surface area (Å²) < 4.78 is 48.6. The monoisotopic (exact) mass is 545 g/mol. The van der Waals surface area contributed by atoms with Crippen LogP contribution in [-0.4, -0.2) is 138 Å². The number of epoxide rings is 1. The molecule has 1 aliphatic heterocycles. The smallest absolute Gasteiger partial charge is 0.222 e. The van der Waals surface area contributed by atoms with E-state index in [9.17, 15) is 0 Å². The first-order valence-electron chi connectivity index (χ1n) is 12.7. The van der Waals surface area contributed by atoms with E-state index in [0.29, 0.717) is 98.7 Å². The van der Waals surface area contributed by atoms with Crippen molar-refractivity contribution in [3.63, 3.8) is 0 Å². The van der Waals surface area contributed by atoms with Gasteiger partial charge in [-0.25, -0.2) is 0 Å². The molecule has 0 aliphatic carbocycles. The predicted molar refractivity (Wildman–Crippen MR) is 135 cm³/mol. The van der Waals surface area contributed by atoms with Gasteiger partial charge in [0.05, 0.1) is 120 Å². The number of nitrogens with zero attached hydrogens (tertiary/aromatic N) is 1. The maximum absolute atomic E-state index is 5.42. The minimum atomic E-state index is 0. The lowest BCUT2D eigenvalue weighted by atomic mass is 10.4. The molecule has 0 aromatic rings. The van der Waals surface area contributed by atoms with Crippen LogP contribution in [0.4, 0.5) is 0 Å². The van der Waals surface area contributed by atoms with Crippen molar-refractivity contribution in [1.29, 1.82) is 0 Å². The zero-order valence-electron chi connectivity index (χ0n) is 23.1. The van der Waals surface area contributed by atoms with Gasteiger partial charge in [-0.3, -0.25) is 4.48 Å². The van der Waals surface area contributed by atoms with E-state index < -0.39 is 0 Å². The van der Waals surface area contributed by atoms with Gasteiger partial charge in [0.25, 0.3) is 0 Å². The van der Waals surface area contributed by atoms with Crippen molar-refractivity contribution in [2.24, 2.45) is 0 Å². The van der Waals surface area contributed by atoms with Gasteiger partial charge in [-0.2, -0.15) is 0 Å². The van der Waals surface area contributed by atoms with Gasteiger partial charge in [0, 0.05) is 6.61 Å². The fourth-order valence-electron chi connectivity index (χ4n) is 2.22. The third-order valence-electron chi connectivity index (χ3n) is 4.16. The normalized spacial score (nSPS) is 14.5. The van der Waals surface area contributed by atoms with Gasteiger partial charge >= 0.3 is 0 Å². The van der Waals surface area contributed by atoms with Gasteiger partial charge in [-0.05, 0) is 6.42 Å². The Balaban J connectivity index is 0. The molecule has 1 aliphatic rings. The lowest BCUT2D eigenvalue weighted by Gasteiger charge is -2.21. The summed E-state index contributed by atoms with van der Waals surface area (Å²) in [7, 11) is 6.18. The number of rotatable bonds is 26. The van der Waals surface area contributed by atoms with Crippen molar-refractivity contribution in [1.82, 2.24) is 0 Å². The number of hydrogen-bond acceptors (Lipinski definition) is 9. The molecule has 0 radical (unpaired) electrons. The molecule has 0 spiro atoms. The van der Waals surface area contributed by atoms with Crippen LogP contribution in [-0.2, 0) is 42.6 Å². The van der Waals surface area contributed by atoms with Crippen LogP contribution in [0.1, 0.15) is 19.8 Å². The van der Waals surface area contributed by atoms with Crippen LogP contribution >= 0.6 is 0 Å². The second kappa shape index (κ2) is 29.0. The first kappa shape index (κ1) is 37.6. The maximum atomic E-state index is 5.42. The summed E-state index contributed by atoms with van der Waals surface area (Å²) >= 11 is 0. The molecule has 1 rings (SSSR count). The van der Waals surface area contributed by atoms with E-state index in [4.69, 9.17) is 42.6 Å². The fourth-order valence-corrected chi connectivity index (χ4v) is 2.22. The van der Waals surface area contributed by atoms with Gasteiger partial charge < -0.3 is 55.0 Å². The largest absolute Gasteiger partial charge is 1.00 e. The molecule has 0 aromatic carbocycles. The quantitative estimate of drug-likeness (QED) is 0.0452.